The van der Waals surface area contributed by atoms with Crippen LogP contribution >= 0.6 is 15.9 Å². The molecule has 0 radical (unpaired) electrons. The van der Waals surface area contributed by atoms with Crippen molar-refractivity contribution in [1.82, 2.24) is 4.90 Å². The van der Waals surface area contributed by atoms with Crippen molar-refractivity contribution >= 4 is 33.5 Å². The van der Waals surface area contributed by atoms with E-state index < -0.39 is 11.9 Å². The van der Waals surface area contributed by atoms with E-state index in [1.165, 1.54) is 17.7 Å². The molecule has 0 aromatic heterocycles. The zero-order chi connectivity index (χ0) is 19.8. The summed E-state index contributed by atoms with van der Waals surface area (Å²) in [5.74, 6) is -1.67. The van der Waals surface area contributed by atoms with Crippen LogP contribution in [0.4, 0.5) is 5.69 Å². The summed E-state index contributed by atoms with van der Waals surface area (Å²) in [5.41, 5.74) is 2.10. The number of carboxylic acid groups (broad SMARTS) is 1. The van der Waals surface area contributed by atoms with Crippen LogP contribution in [-0.2, 0) is 16.1 Å². The number of benzene rings is 1. The molecule has 0 unspecified atom stereocenters. The Labute approximate surface area is 170 Å². The first kappa shape index (κ1) is 21.7. The third-order valence-electron chi connectivity index (χ3n) is 4.91. The summed E-state index contributed by atoms with van der Waals surface area (Å²) in [6.07, 6.45) is 6.56. The predicted molar refractivity (Wildman–Crippen MR) is 112 cm³/mol. The Hall–Kier alpha value is -1.56. The molecule has 1 aromatic rings. The molecule has 27 heavy (non-hydrogen) atoms. The lowest BCUT2D eigenvalue weighted by molar-refractivity contribution is -0.156. The van der Waals surface area contributed by atoms with Crippen molar-refractivity contribution in [3.05, 3.63) is 28.2 Å². The lowest BCUT2D eigenvalue weighted by atomic mass is 10.1. The molecular weight excluding hydrogens is 408 g/mol. The van der Waals surface area contributed by atoms with Crippen molar-refractivity contribution in [2.24, 2.45) is 5.92 Å². The molecule has 1 aliphatic rings. The van der Waals surface area contributed by atoms with E-state index in [2.05, 4.69) is 40.7 Å². The third-order valence-corrected chi connectivity index (χ3v) is 5.40. The van der Waals surface area contributed by atoms with E-state index in [-0.39, 0.29) is 0 Å². The number of amides is 1. The Morgan fingerprint density at radius 2 is 1.70 bits per heavy atom. The number of aliphatic carboxylic acids is 1. The van der Waals surface area contributed by atoms with Gasteiger partial charge in [0.2, 0.25) is 0 Å². The van der Waals surface area contributed by atoms with Gasteiger partial charge in [-0.2, -0.15) is 0 Å². The molecule has 1 aromatic carbocycles. The van der Waals surface area contributed by atoms with Crippen LogP contribution in [0.3, 0.4) is 0 Å². The topological polar surface area (TPSA) is 60.9 Å². The Kier molecular flexibility index (Phi) is 8.61. The molecule has 6 heteroatoms. The van der Waals surface area contributed by atoms with E-state index >= 15 is 0 Å². The Morgan fingerprint density at radius 3 is 2.33 bits per heavy atom. The fourth-order valence-electron chi connectivity index (χ4n) is 3.62. The van der Waals surface area contributed by atoms with Gasteiger partial charge in [-0.05, 0) is 36.5 Å². The van der Waals surface area contributed by atoms with Crippen LogP contribution in [-0.4, -0.2) is 41.5 Å². The van der Waals surface area contributed by atoms with Crippen molar-refractivity contribution < 1.29 is 14.7 Å². The minimum absolute atomic E-state index is 0.336. The molecule has 150 valence electrons. The molecule has 0 saturated heterocycles. The van der Waals surface area contributed by atoms with Gasteiger partial charge < -0.3 is 14.9 Å². The summed E-state index contributed by atoms with van der Waals surface area (Å²) < 4.78 is 0.996. The summed E-state index contributed by atoms with van der Waals surface area (Å²) >= 11 is 3.57. The summed E-state index contributed by atoms with van der Waals surface area (Å²) in [5, 5.41) is 9.22. The largest absolute Gasteiger partial charge is 0.474 e. The first-order valence-corrected chi connectivity index (χ1v) is 10.7. The zero-order valence-electron chi connectivity index (χ0n) is 16.4. The molecule has 0 atom stereocenters. The number of rotatable bonds is 2. The van der Waals surface area contributed by atoms with Crippen LogP contribution < -0.4 is 4.90 Å². The second-order valence-corrected chi connectivity index (χ2v) is 8.68. The number of carbonyl (C=O) groups excluding carboxylic acids is 1. The van der Waals surface area contributed by atoms with Crippen LogP contribution in [0.1, 0.15) is 57.9 Å². The first-order chi connectivity index (χ1) is 12.9. The summed E-state index contributed by atoms with van der Waals surface area (Å²) in [4.78, 5) is 27.4. The van der Waals surface area contributed by atoms with Gasteiger partial charge in [0.05, 0.1) is 0 Å². The number of hydrogen-bond acceptors (Lipinski definition) is 3. The van der Waals surface area contributed by atoms with Crippen LogP contribution in [0.15, 0.2) is 22.7 Å². The Balaban J connectivity index is 2.38. The SMILES string of the molecule is CC(C)CN1CCCCCCCCN(C(=O)C(=O)O)Cc2ccc(Br)cc21. The monoisotopic (exact) mass is 438 g/mol. The number of anilines is 1. The van der Waals surface area contributed by atoms with Gasteiger partial charge >= 0.3 is 11.9 Å². The minimum Gasteiger partial charge on any atom is -0.474 e. The molecule has 2 rings (SSSR count). The van der Waals surface area contributed by atoms with Crippen LogP contribution in [0.2, 0.25) is 0 Å². The van der Waals surface area contributed by atoms with Crippen molar-refractivity contribution in [3.63, 3.8) is 0 Å². The van der Waals surface area contributed by atoms with E-state index in [0.29, 0.717) is 19.0 Å². The highest BCUT2D eigenvalue weighted by atomic mass is 79.9. The van der Waals surface area contributed by atoms with Crippen LogP contribution in [0, 0.1) is 5.92 Å². The van der Waals surface area contributed by atoms with E-state index in [1.54, 1.807) is 0 Å². The third kappa shape index (κ3) is 6.83. The molecule has 1 aliphatic heterocycles. The fourth-order valence-corrected chi connectivity index (χ4v) is 3.97. The quantitative estimate of drug-likeness (QED) is 0.680. The molecule has 0 saturated carbocycles. The molecule has 1 amide bonds. The van der Waals surface area contributed by atoms with Gasteiger partial charge in [-0.15, -0.1) is 0 Å². The van der Waals surface area contributed by atoms with Gasteiger partial charge in [0.1, 0.15) is 0 Å². The molecule has 0 spiro atoms. The Bertz CT molecular complexity index is 648. The van der Waals surface area contributed by atoms with Crippen molar-refractivity contribution in [2.75, 3.05) is 24.5 Å². The highest BCUT2D eigenvalue weighted by Crippen LogP contribution is 2.28. The van der Waals surface area contributed by atoms with E-state index in [0.717, 1.165) is 54.5 Å². The molecule has 0 fully saturated rings. The molecule has 0 aliphatic carbocycles. The minimum atomic E-state index is -1.38. The number of carboxylic acids is 1. The van der Waals surface area contributed by atoms with Gasteiger partial charge in [0, 0.05) is 36.3 Å². The number of halogens is 1. The molecule has 1 heterocycles. The van der Waals surface area contributed by atoms with Gasteiger partial charge in [-0.3, -0.25) is 4.79 Å². The summed E-state index contributed by atoms with van der Waals surface area (Å²) in [7, 11) is 0. The van der Waals surface area contributed by atoms with Gasteiger partial charge in [0.15, 0.2) is 0 Å². The van der Waals surface area contributed by atoms with E-state index in [4.69, 9.17) is 0 Å². The average molecular weight is 439 g/mol. The smallest absolute Gasteiger partial charge is 0.394 e. The lowest BCUT2D eigenvalue weighted by Gasteiger charge is -2.30. The van der Waals surface area contributed by atoms with Crippen molar-refractivity contribution in [3.8, 4) is 0 Å². The average Bonchev–Trinajstić information content (AvgIpc) is 2.62. The van der Waals surface area contributed by atoms with Crippen molar-refractivity contribution in [2.45, 2.75) is 58.9 Å². The number of fused-ring (bicyclic) bond motifs is 1. The normalized spacial score (nSPS) is 16.9. The fraction of sp³-hybridized carbons (Fsp3) is 0.619. The molecule has 1 N–H and O–H groups in total. The zero-order valence-corrected chi connectivity index (χ0v) is 18.0. The second kappa shape index (κ2) is 10.7. The van der Waals surface area contributed by atoms with Gasteiger partial charge in [-0.1, -0.05) is 61.5 Å². The van der Waals surface area contributed by atoms with Crippen LogP contribution in [0.25, 0.3) is 0 Å². The summed E-state index contributed by atoms with van der Waals surface area (Å²) in [6.45, 7) is 7.16. The van der Waals surface area contributed by atoms with Crippen LogP contribution in [0.5, 0.6) is 0 Å². The Morgan fingerprint density at radius 1 is 1.07 bits per heavy atom. The maximum Gasteiger partial charge on any atom is 0.394 e. The number of hydrogen-bond donors (Lipinski definition) is 1. The highest BCUT2D eigenvalue weighted by Gasteiger charge is 2.23. The lowest BCUT2D eigenvalue weighted by Crippen LogP contribution is -2.37. The summed E-state index contributed by atoms with van der Waals surface area (Å²) in [6, 6.07) is 6.07. The maximum absolute atomic E-state index is 12.2. The maximum atomic E-state index is 12.2. The molecule has 0 bridgehead atoms. The standard InChI is InChI=1S/C21H31BrN2O3/c1-16(2)14-23-11-7-5-3-4-6-8-12-24(20(25)21(26)27)15-17-9-10-18(22)13-19(17)23/h9-10,13,16H,3-8,11-12,14-15H2,1-2H3,(H,26,27). The first-order valence-electron chi connectivity index (χ1n) is 9.94. The second-order valence-electron chi connectivity index (χ2n) is 7.77. The highest BCUT2D eigenvalue weighted by molar-refractivity contribution is 9.10. The van der Waals surface area contributed by atoms with Gasteiger partial charge in [-0.25, -0.2) is 4.79 Å². The van der Waals surface area contributed by atoms with E-state index in [9.17, 15) is 14.7 Å². The van der Waals surface area contributed by atoms with Crippen molar-refractivity contribution in [1.29, 1.82) is 0 Å². The number of nitrogens with zero attached hydrogens (tertiary/aromatic N) is 2. The van der Waals surface area contributed by atoms with E-state index in [1.807, 2.05) is 12.1 Å². The predicted octanol–water partition coefficient (Wildman–Crippen LogP) is 4.68. The van der Waals surface area contributed by atoms with Gasteiger partial charge in [0.25, 0.3) is 0 Å². The molecule has 5 nitrogen and oxygen atoms in total. The molecular formula is C21H31BrN2O3. The number of carbonyl (C=O) groups is 2.